The molecule has 2 heterocycles. The summed E-state index contributed by atoms with van der Waals surface area (Å²) in [5.41, 5.74) is 2.49. The predicted octanol–water partition coefficient (Wildman–Crippen LogP) is 2.76. The van der Waals surface area contributed by atoms with E-state index >= 15 is 0 Å². The summed E-state index contributed by atoms with van der Waals surface area (Å²) in [4.78, 5) is 0. The van der Waals surface area contributed by atoms with E-state index in [9.17, 15) is 0 Å². The molecule has 114 valence electrons. The molecule has 0 aliphatic carbocycles. The molecule has 4 nitrogen and oxygen atoms in total. The zero-order chi connectivity index (χ0) is 13.6. The molecular weight excluding hydrogens is 284 g/mol. The lowest BCUT2D eigenvalue weighted by atomic mass is 9.98. The molecule has 1 aromatic carbocycles. The largest absolute Gasteiger partial charge is 0.385 e. The molecule has 21 heavy (non-hydrogen) atoms. The molecule has 0 amide bonds. The third-order valence-electron chi connectivity index (χ3n) is 3.91. The van der Waals surface area contributed by atoms with Gasteiger partial charge in [-0.05, 0) is 55.6 Å². The van der Waals surface area contributed by atoms with Crippen LogP contribution in [0.5, 0.6) is 0 Å². The van der Waals surface area contributed by atoms with Gasteiger partial charge in [0.1, 0.15) is 0 Å². The molecule has 0 unspecified atom stereocenters. The minimum absolute atomic E-state index is 0. The van der Waals surface area contributed by atoms with Crippen LogP contribution in [0.3, 0.4) is 0 Å². The third kappa shape index (κ3) is 4.76. The number of aromatic nitrogens is 2. The lowest BCUT2D eigenvalue weighted by Gasteiger charge is -2.23. The SMILES string of the molecule is Cl.c1cnn(Cc2ccc(NCC3CCNCC3)cc2)c1. The third-order valence-corrected chi connectivity index (χ3v) is 3.91. The Balaban J connectivity index is 0.00000161. The van der Waals surface area contributed by atoms with E-state index < -0.39 is 0 Å². The molecule has 0 bridgehead atoms. The van der Waals surface area contributed by atoms with Crippen LogP contribution < -0.4 is 10.6 Å². The molecule has 3 rings (SSSR count). The van der Waals surface area contributed by atoms with E-state index in [0.717, 1.165) is 32.1 Å². The van der Waals surface area contributed by atoms with Crippen LogP contribution in [0, 0.1) is 5.92 Å². The van der Waals surface area contributed by atoms with E-state index in [2.05, 4.69) is 40.0 Å². The van der Waals surface area contributed by atoms with Crippen molar-refractivity contribution in [2.24, 2.45) is 5.92 Å². The molecule has 0 radical (unpaired) electrons. The van der Waals surface area contributed by atoms with E-state index in [4.69, 9.17) is 0 Å². The summed E-state index contributed by atoms with van der Waals surface area (Å²) in [6.45, 7) is 4.24. The van der Waals surface area contributed by atoms with Crippen LogP contribution in [-0.4, -0.2) is 29.4 Å². The van der Waals surface area contributed by atoms with E-state index in [1.165, 1.54) is 24.1 Å². The number of anilines is 1. The van der Waals surface area contributed by atoms with E-state index in [0.29, 0.717) is 0 Å². The van der Waals surface area contributed by atoms with E-state index in [-0.39, 0.29) is 12.4 Å². The van der Waals surface area contributed by atoms with Gasteiger partial charge >= 0.3 is 0 Å². The number of benzene rings is 1. The molecule has 2 N–H and O–H groups in total. The summed E-state index contributed by atoms with van der Waals surface area (Å²) in [5, 5.41) is 11.2. The number of nitrogens with zero attached hydrogens (tertiary/aromatic N) is 2. The highest BCUT2D eigenvalue weighted by molar-refractivity contribution is 5.85. The molecule has 1 aliphatic rings. The van der Waals surface area contributed by atoms with Gasteiger partial charge in [0.15, 0.2) is 0 Å². The van der Waals surface area contributed by atoms with Crippen molar-refractivity contribution in [2.75, 3.05) is 25.0 Å². The fraction of sp³-hybridized carbons (Fsp3) is 0.438. The lowest BCUT2D eigenvalue weighted by Crippen LogP contribution is -2.31. The van der Waals surface area contributed by atoms with E-state index in [1.807, 2.05) is 23.1 Å². The zero-order valence-corrected chi connectivity index (χ0v) is 13.0. The molecular formula is C16H23ClN4. The molecule has 1 fully saturated rings. The van der Waals surface area contributed by atoms with Gasteiger partial charge in [-0.25, -0.2) is 0 Å². The van der Waals surface area contributed by atoms with Gasteiger partial charge in [0.2, 0.25) is 0 Å². The topological polar surface area (TPSA) is 41.9 Å². The molecule has 1 aromatic heterocycles. The van der Waals surface area contributed by atoms with Gasteiger partial charge in [-0.3, -0.25) is 4.68 Å². The average Bonchev–Trinajstić information content (AvgIpc) is 3.01. The Kier molecular flexibility index (Phi) is 6.08. The van der Waals surface area contributed by atoms with Crippen LogP contribution in [0.15, 0.2) is 42.7 Å². The van der Waals surface area contributed by atoms with Crippen molar-refractivity contribution >= 4 is 18.1 Å². The normalized spacial score (nSPS) is 15.4. The number of halogens is 1. The number of rotatable bonds is 5. The Morgan fingerprint density at radius 3 is 2.62 bits per heavy atom. The Morgan fingerprint density at radius 1 is 1.19 bits per heavy atom. The van der Waals surface area contributed by atoms with Crippen LogP contribution in [0.25, 0.3) is 0 Å². The second-order valence-electron chi connectivity index (χ2n) is 5.47. The lowest BCUT2D eigenvalue weighted by molar-refractivity contribution is 0.390. The van der Waals surface area contributed by atoms with Crippen LogP contribution in [0.2, 0.25) is 0 Å². The molecule has 0 spiro atoms. The summed E-state index contributed by atoms with van der Waals surface area (Å²) < 4.78 is 1.94. The van der Waals surface area contributed by atoms with Crippen LogP contribution >= 0.6 is 12.4 Å². The van der Waals surface area contributed by atoms with Crippen molar-refractivity contribution < 1.29 is 0 Å². The summed E-state index contributed by atoms with van der Waals surface area (Å²) in [5.74, 6) is 0.806. The zero-order valence-electron chi connectivity index (χ0n) is 12.2. The second-order valence-corrected chi connectivity index (χ2v) is 5.47. The van der Waals surface area contributed by atoms with Crippen molar-refractivity contribution in [1.29, 1.82) is 0 Å². The summed E-state index contributed by atoms with van der Waals surface area (Å²) in [7, 11) is 0. The standard InChI is InChI=1S/C16H22N4.ClH/c1-8-19-20(11-1)13-15-2-4-16(5-3-15)18-12-14-6-9-17-10-7-14;/h1-5,8,11,14,17-18H,6-7,9-10,12-13H2;1H. The highest BCUT2D eigenvalue weighted by Crippen LogP contribution is 2.15. The van der Waals surface area contributed by atoms with E-state index in [1.54, 1.807) is 0 Å². The van der Waals surface area contributed by atoms with Crippen LogP contribution in [0.1, 0.15) is 18.4 Å². The Hall–Kier alpha value is -1.52. The number of piperidine rings is 1. The molecule has 2 aromatic rings. The summed E-state index contributed by atoms with van der Waals surface area (Å²) in [6, 6.07) is 10.6. The molecule has 0 saturated carbocycles. The Labute approximate surface area is 132 Å². The summed E-state index contributed by atoms with van der Waals surface area (Å²) >= 11 is 0. The Morgan fingerprint density at radius 2 is 1.95 bits per heavy atom. The minimum atomic E-state index is 0. The fourth-order valence-corrected chi connectivity index (χ4v) is 2.66. The van der Waals surface area contributed by atoms with Gasteiger partial charge in [-0.1, -0.05) is 12.1 Å². The van der Waals surface area contributed by atoms with Gasteiger partial charge in [-0.2, -0.15) is 5.10 Å². The van der Waals surface area contributed by atoms with Gasteiger partial charge < -0.3 is 10.6 Å². The van der Waals surface area contributed by atoms with Gasteiger partial charge in [0, 0.05) is 24.6 Å². The quantitative estimate of drug-likeness (QED) is 0.892. The first-order valence-electron chi connectivity index (χ1n) is 7.41. The first-order chi connectivity index (χ1) is 9.90. The van der Waals surface area contributed by atoms with Crippen molar-refractivity contribution in [1.82, 2.24) is 15.1 Å². The molecule has 1 saturated heterocycles. The van der Waals surface area contributed by atoms with Gasteiger partial charge in [0.25, 0.3) is 0 Å². The second kappa shape index (κ2) is 8.05. The van der Waals surface area contributed by atoms with Crippen molar-refractivity contribution in [3.05, 3.63) is 48.3 Å². The maximum Gasteiger partial charge on any atom is 0.0659 e. The number of hydrogen-bond donors (Lipinski definition) is 2. The number of nitrogens with one attached hydrogen (secondary N) is 2. The highest BCUT2D eigenvalue weighted by Gasteiger charge is 2.12. The highest BCUT2D eigenvalue weighted by atomic mass is 35.5. The first kappa shape index (κ1) is 15.9. The van der Waals surface area contributed by atoms with Crippen molar-refractivity contribution in [3.8, 4) is 0 Å². The summed E-state index contributed by atoms with van der Waals surface area (Å²) in [6.07, 6.45) is 6.37. The predicted molar refractivity (Wildman–Crippen MR) is 89.1 cm³/mol. The van der Waals surface area contributed by atoms with Crippen LogP contribution in [-0.2, 0) is 6.54 Å². The Bertz CT molecular complexity index is 504. The van der Waals surface area contributed by atoms with Crippen LogP contribution in [0.4, 0.5) is 5.69 Å². The minimum Gasteiger partial charge on any atom is -0.385 e. The fourth-order valence-electron chi connectivity index (χ4n) is 2.66. The average molecular weight is 307 g/mol. The van der Waals surface area contributed by atoms with Crippen molar-refractivity contribution in [3.63, 3.8) is 0 Å². The first-order valence-corrected chi connectivity index (χ1v) is 7.41. The smallest absolute Gasteiger partial charge is 0.0659 e. The number of hydrogen-bond acceptors (Lipinski definition) is 3. The molecule has 0 atom stereocenters. The molecule has 5 heteroatoms. The van der Waals surface area contributed by atoms with Gasteiger partial charge in [-0.15, -0.1) is 12.4 Å². The monoisotopic (exact) mass is 306 g/mol. The molecule has 1 aliphatic heterocycles. The van der Waals surface area contributed by atoms with Gasteiger partial charge in [0.05, 0.1) is 6.54 Å². The maximum absolute atomic E-state index is 4.23. The maximum atomic E-state index is 4.23. The van der Waals surface area contributed by atoms with Crippen molar-refractivity contribution in [2.45, 2.75) is 19.4 Å².